The Morgan fingerprint density at radius 2 is 1.15 bits per heavy atom. The standard InChI is InChI=1S/C29H29.3ClH.Ti/c1-20-13-21(2)16-26(15-20)29(27-17-22(3)14-23(4)18-27)28-12-8-11-25(28)19-24-9-6-5-7-10-24;;;;/h5-10,13-18,29H,12,19H2,1-4H3;3*1H;/q-1;;;;+4/p-3. The molecule has 0 bridgehead atoms. The first-order chi connectivity index (χ1) is 14.0. The van der Waals surface area contributed by atoms with Gasteiger partial charge in [0.25, 0.3) is 0 Å². The molecule has 0 atom stereocenters. The van der Waals surface area contributed by atoms with Gasteiger partial charge in [-0.2, -0.15) is 11.6 Å². The maximum Gasteiger partial charge on any atom is 4.00 e. The summed E-state index contributed by atoms with van der Waals surface area (Å²) in [5, 5.41) is 0. The van der Waals surface area contributed by atoms with Gasteiger partial charge in [-0.15, -0.1) is 0 Å². The monoisotopic (exact) mass is 530 g/mol. The Bertz CT molecular complexity index is 1010. The van der Waals surface area contributed by atoms with E-state index in [1.807, 2.05) is 0 Å². The Morgan fingerprint density at radius 3 is 1.61 bits per heavy atom. The number of aryl methyl sites for hydroxylation is 4. The molecule has 0 saturated heterocycles. The van der Waals surface area contributed by atoms with Crippen molar-refractivity contribution in [3.8, 4) is 0 Å². The third kappa shape index (κ3) is 7.88. The fourth-order valence-electron chi connectivity index (χ4n) is 4.70. The molecule has 4 rings (SSSR count). The van der Waals surface area contributed by atoms with E-state index >= 15 is 0 Å². The zero-order valence-corrected chi connectivity index (χ0v) is 23.4. The Balaban J connectivity index is 0.00000256. The van der Waals surface area contributed by atoms with Crippen molar-refractivity contribution >= 4 is 0 Å². The van der Waals surface area contributed by atoms with Gasteiger partial charge in [-0.3, -0.25) is 6.08 Å². The second-order valence-corrected chi connectivity index (χ2v) is 8.49. The topological polar surface area (TPSA) is 0 Å². The average molecular weight is 532 g/mol. The number of benzene rings is 3. The van der Waals surface area contributed by atoms with E-state index in [0.29, 0.717) is 0 Å². The van der Waals surface area contributed by atoms with E-state index in [9.17, 15) is 0 Å². The normalized spacial score (nSPS) is 11.9. The predicted molar refractivity (Wildman–Crippen MR) is 123 cm³/mol. The first-order valence-electron chi connectivity index (χ1n) is 10.5. The van der Waals surface area contributed by atoms with Crippen molar-refractivity contribution in [2.24, 2.45) is 0 Å². The Morgan fingerprint density at radius 1 is 0.697 bits per heavy atom. The summed E-state index contributed by atoms with van der Waals surface area (Å²) >= 11 is 0. The molecule has 0 radical (unpaired) electrons. The third-order valence-corrected chi connectivity index (χ3v) is 5.71. The molecular formula is C29H29Cl3Ti. The van der Waals surface area contributed by atoms with Gasteiger partial charge in [0, 0.05) is 0 Å². The van der Waals surface area contributed by atoms with Crippen LogP contribution in [0.25, 0.3) is 0 Å². The summed E-state index contributed by atoms with van der Waals surface area (Å²) < 4.78 is 0. The number of halogens is 3. The van der Waals surface area contributed by atoms with Crippen LogP contribution in [0.2, 0.25) is 0 Å². The van der Waals surface area contributed by atoms with Crippen LogP contribution in [0.15, 0.2) is 84.0 Å². The third-order valence-electron chi connectivity index (χ3n) is 5.71. The molecule has 0 heterocycles. The molecule has 1 aliphatic rings. The fourth-order valence-corrected chi connectivity index (χ4v) is 4.70. The maximum absolute atomic E-state index is 3.59. The first-order valence-corrected chi connectivity index (χ1v) is 10.5. The molecule has 1 aliphatic carbocycles. The number of hydrogen-bond acceptors (Lipinski definition) is 0. The van der Waals surface area contributed by atoms with Crippen molar-refractivity contribution in [3.63, 3.8) is 0 Å². The molecule has 170 valence electrons. The Labute approximate surface area is 233 Å². The van der Waals surface area contributed by atoms with Crippen molar-refractivity contribution < 1.29 is 58.9 Å². The smallest absolute Gasteiger partial charge is 1.00 e. The van der Waals surface area contributed by atoms with Crippen LogP contribution >= 0.6 is 0 Å². The van der Waals surface area contributed by atoms with Gasteiger partial charge in [-0.1, -0.05) is 107 Å². The number of rotatable bonds is 5. The van der Waals surface area contributed by atoms with Gasteiger partial charge in [-0.25, -0.2) is 5.57 Å². The molecule has 0 spiro atoms. The summed E-state index contributed by atoms with van der Waals surface area (Å²) in [6.07, 6.45) is 7.72. The van der Waals surface area contributed by atoms with Gasteiger partial charge < -0.3 is 37.2 Å². The first kappa shape index (κ1) is 31.7. The number of hydrogen-bond donors (Lipinski definition) is 0. The van der Waals surface area contributed by atoms with E-state index in [0.717, 1.165) is 12.8 Å². The molecule has 0 fully saturated rings. The van der Waals surface area contributed by atoms with Crippen LogP contribution in [0.3, 0.4) is 0 Å². The molecule has 0 amide bonds. The SMILES string of the molecule is Cc1cc(C)cc(C(C2=C(Cc3ccccc3)[C-]=CC2)c2cc(C)cc(C)c2)c1.[Cl-].[Cl-].[Cl-].[Ti+4]. The molecule has 0 N–H and O–H groups in total. The average Bonchev–Trinajstić information content (AvgIpc) is 3.09. The maximum atomic E-state index is 3.59. The second-order valence-electron chi connectivity index (χ2n) is 8.49. The van der Waals surface area contributed by atoms with E-state index in [4.69, 9.17) is 0 Å². The van der Waals surface area contributed by atoms with E-state index in [2.05, 4.69) is 107 Å². The summed E-state index contributed by atoms with van der Waals surface area (Å²) in [5.41, 5.74) is 12.3. The van der Waals surface area contributed by atoms with E-state index in [-0.39, 0.29) is 64.9 Å². The minimum absolute atomic E-state index is 0. The van der Waals surface area contributed by atoms with Crippen molar-refractivity contribution in [2.75, 3.05) is 0 Å². The zero-order chi connectivity index (χ0) is 20.4. The summed E-state index contributed by atoms with van der Waals surface area (Å²) in [5.74, 6) is 0.275. The molecular weight excluding hydrogens is 503 g/mol. The molecule has 33 heavy (non-hydrogen) atoms. The van der Waals surface area contributed by atoms with Gasteiger partial charge in [0.2, 0.25) is 0 Å². The summed E-state index contributed by atoms with van der Waals surface area (Å²) in [7, 11) is 0. The minimum atomic E-state index is 0. The van der Waals surface area contributed by atoms with Gasteiger partial charge in [0.1, 0.15) is 0 Å². The minimum Gasteiger partial charge on any atom is -1.00 e. The molecule has 0 saturated carbocycles. The summed E-state index contributed by atoms with van der Waals surface area (Å²) in [4.78, 5) is 0. The van der Waals surface area contributed by atoms with Gasteiger partial charge in [0.15, 0.2) is 0 Å². The van der Waals surface area contributed by atoms with E-state index in [1.165, 1.54) is 50.1 Å². The largest absolute Gasteiger partial charge is 4.00 e. The van der Waals surface area contributed by atoms with E-state index < -0.39 is 0 Å². The second kappa shape index (κ2) is 14.2. The van der Waals surface area contributed by atoms with Crippen LogP contribution in [0.1, 0.15) is 51.3 Å². The Kier molecular flexibility index (Phi) is 13.7. The predicted octanol–water partition coefficient (Wildman–Crippen LogP) is -1.64. The van der Waals surface area contributed by atoms with Crippen molar-refractivity contribution in [1.29, 1.82) is 0 Å². The fraction of sp³-hybridized carbons (Fsp3) is 0.241. The Hall–Kier alpha value is -1.28. The van der Waals surface area contributed by atoms with Crippen LogP contribution in [-0.4, -0.2) is 0 Å². The molecule has 3 aromatic rings. The van der Waals surface area contributed by atoms with Crippen molar-refractivity contribution in [2.45, 2.75) is 46.5 Å². The quantitative estimate of drug-likeness (QED) is 0.274. The van der Waals surface area contributed by atoms with Gasteiger partial charge >= 0.3 is 21.7 Å². The molecule has 0 aliphatic heterocycles. The van der Waals surface area contributed by atoms with Crippen molar-refractivity contribution in [3.05, 3.63) is 129 Å². The van der Waals surface area contributed by atoms with Gasteiger partial charge in [0.05, 0.1) is 0 Å². The summed E-state index contributed by atoms with van der Waals surface area (Å²) in [6.45, 7) is 8.81. The molecule has 0 unspecified atom stereocenters. The molecule has 3 aromatic carbocycles. The van der Waals surface area contributed by atoms with Crippen LogP contribution in [0.5, 0.6) is 0 Å². The van der Waals surface area contributed by atoms with E-state index in [1.54, 1.807) is 0 Å². The van der Waals surface area contributed by atoms with Crippen molar-refractivity contribution in [1.82, 2.24) is 0 Å². The summed E-state index contributed by atoms with van der Waals surface area (Å²) in [6, 6.07) is 24.7. The van der Waals surface area contributed by atoms with Crippen LogP contribution < -0.4 is 37.2 Å². The van der Waals surface area contributed by atoms with Crippen LogP contribution in [0, 0.1) is 33.8 Å². The molecule has 0 aromatic heterocycles. The molecule has 4 heteroatoms. The zero-order valence-electron chi connectivity index (χ0n) is 19.6. The number of allylic oxidation sites excluding steroid dienone is 4. The molecule has 0 nitrogen and oxygen atoms in total. The van der Waals surface area contributed by atoms with Crippen LogP contribution in [0.4, 0.5) is 0 Å². The van der Waals surface area contributed by atoms with Gasteiger partial charge in [-0.05, 0) is 45.6 Å². The van der Waals surface area contributed by atoms with Crippen LogP contribution in [-0.2, 0) is 28.1 Å².